The van der Waals surface area contributed by atoms with Crippen molar-refractivity contribution in [2.24, 2.45) is 0 Å². The van der Waals surface area contributed by atoms with E-state index in [0.29, 0.717) is 57.3 Å². The molecule has 1 aliphatic heterocycles. The van der Waals surface area contributed by atoms with Crippen LogP contribution in [-0.4, -0.2) is 39.5 Å². The number of hydrogen-bond acceptors (Lipinski definition) is 7. The van der Waals surface area contributed by atoms with Crippen molar-refractivity contribution in [3.63, 3.8) is 0 Å². The molecule has 0 bridgehead atoms. The van der Waals surface area contributed by atoms with Gasteiger partial charge in [0.2, 0.25) is 12.5 Å². The van der Waals surface area contributed by atoms with Gasteiger partial charge in [0.15, 0.2) is 29.3 Å². The van der Waals surface area contributed by atoms with Gasteiger partial charge >= 0.3 is 33.9 Å². The Morgan fingerprint density at radius 3 is 1.91 bits per heavy atom. The maximum atomic E-state index is 11.6. The van der Waals surface area contributed by atoms with E-state index in [1.54, 1.807) is 18.2 Å². The summed E-state index contributed by atoms with van der Waals surface area (Å²) in [6.07, 6.45) is 0.717. The third kappa shape index (κ3) is 6.41. The first-order valence-electron chi connectivity index (χ1n) is 8.11. The number of rotatable bonds is 6. The van der Waals surface area contributed by atoms with Crippen LogP contribution in [0.2, 0.25) is 0 Å². The number of methoxy groups -OCH3 is 3. The van der Waals surface area contributed by atoms with Gasteiger partial charge in [0.25, 0.3) is 0 Å². The Kier molecular flexibility index (Phi) is 16.0. The van der Waals surface area contributed by atoms with Crippen LogP contribution >= 0.6 is 0 Å². The van der Waals surface area contributed by atoms with E-state index >= 15 is 0 Å². The van der Waals surface area contributed by atoms with Gasteiger partial charge in [-0.2, -0.15) is 0 Å². The molecule has 1 N–H and O–H groups in total. The van der Waals surface area contributed by atoms with Crippen LogP contribution < -0.4 is 23.7 Å². The Hall–Kier alpha value is -3.18. The quantitative estimate of drug-likeness (QED) is 0.378. The number of carbonyl (C=O) groups excluding carboxylic acids is 1. The standard InChI is InChI=1S/C18H18O7.3CO.Cr/c1-21-15-5-11(8-20)16(18(23-3)17(15)22-2)12-6-14-13(24-9-25-14)4-10(12)7-19;3*1-2;/h4-7,20H,8-9H2,1-3H3;;;;. The molecule has 1 aliphatic rings. The SMILES string of the molecule is COc1cc(CO)c(-c2cc3c(cc2C=O)OCO3)c(OC)c1OC.[C-]#[O+].[C-]#[O+].[C-]#[O+].[Cr]. The Morgan fingerprint density at radius 2 is 1.47 bits per heavy atom. The van der Waals surface area contributed by atoms with Crippen LogP contribution in [0, 0.1) is 20.0 Å². The molecule has 2 aromatic carbocycles. The number of hydrogen-bond donors (Lipinski definition) is 1. The molecule has 0 atom stereocenters. The van der Waals surface area contributed by atoms with Gasteiger partial charge in [-0.15, -0.1) is 0 Å². The van der Waals surface area contributed by atoms with Gasteiger partial charge in [0.05, 0.1) is 27.9 Å². The molecule has 11 heteroatoms. The average molecular weight is 482 g/mol. The summed E-state index contributed by atoms with van der Waals surface area (Å²) in [7, 11) is 4.47. The summed E-state index contributed by atoms with van der Waals surface area (Å²) >= 11 is 0. The largest absolute Gasteiger partial charge is 0 e. The summed E-state index contributed by atoms with van der Waals surface area (Å²) < 4.78 is 49.5. The summed E-state index contributed by atoms with van der Waals surface area (Å²) in [5.41, 5.74) is 1.98. The van der Waals surface area contributed by atoms with E-state index in [1.165, 1.54) is 21.3 Å². The van der Waals surface area contributed by atoms with Gasteiger partial charge < -0.3 is 28.8 Å². The van der Waals surface area contributed by atoms with E-state index in [1.807, 2.05) is 0 Å². The first-order chi connectivity index (χ1) is 15.2. The Morgan fingerprint density at radius 1 is 0.938 bits per heavy atom. The Bertz CT molecular complexity index is 936. The molecule has 0 radical (unpaired) electrons. The van der Waals surface area contributed by atoms with Crippen molar-refractivity contribution in [2.75, 3.05) is 28.1 Å². The van der Waals surface area contributed by atoms with Crippen LogP contribution in [0.4, 0.5) is 0 Å². The van der Waals surface area contributed by atoms with E-state index in [4.69, 9.17) is 37.6 Å². The number of fused-ring (bicyclic) bond motifs is 1. The van der Waals surface area contributed by atoms with Crippen molar-refractivity contribution in [2.45, 2.75) is 6.61 Å². The molecule has 10 nitrogen and oxygen atoms in total. The summed E-state index contributed by atoms with van der Waals surface area (Å²) in [4.78, 5) is 11.6. The number of aldehydes is 1. The second kappa shape index (κ2) is 16.5. The van der Waals surface area contributed by atoms with E-state index < -0.39 is 0 Å². The fraction of sp³-hybridized carbons (Fsp3) is 0.238. The van der Waals surface area contributed by atoms with E-state index in [2.05, 4.69) is 20.0 Å². The molecule has 2 aromatic rings. The van der Waals surface area contributed by atoms with E-state index in [0.717, 1.165) is 0 Å². The number of carbonyl (C=O) groups is 1. The van der Waals surface area contributed by atoms with Crippen LogP contribution in [0.25, 0.3) is 11.1 Å². The van der Waals surface area contributed by atoms with Crippen LogP contribution in [0.3, 0.4) is 0 Å². The fourth-order valence-corrected chi connectivity index (χ4v) is 2.90. The zero-order valence-electron chi connectivity index (χ0n) is 17.3. The number of aliphatic hydroxyl groups is 1. The molecule has 32 heavy (non-hydrogen) atoms. The molecule has 3 rings (SSSR count). The van der Waals surface area contributed by atoms with Crippen LogP contribution in [0.5, 0.6) is 28.7 Å². The van der Waals surface area contributed by atoms with Gasteiger partial charge in [0, 0.05) is 34.1 Å². The van der Waals surface area contributed by atoms with Gasteiger partial charge in [-0.1, -0.05) is 0 Å². The molecule has 0 aliphatic carbocycles. The molecule has 1 heterocycles. The summed E-state index contributed by atoms with van der Waals surface area (Å²) in [5.74, 6) is 2.15. The molecular weight excluding hydrogens is 464 g/mol. The monoisotopic (exact) mass is 482 g/mol. The second-order valence-electron chi connectivity index (χ2n) is 5.25. The first-order valence-corrected chi connectivity index (χ1v) is 8.11. The van der Waals surface area contributed by atoms with Crippen molar-refractivity contribution >= 4 is 6.29 Å². The van der Waals surface area contributed by atoms with Crippen LogP contribution in [0.1, 0.15) is 15.9 Å². The molecule has 0 aromatic heterocycles. The van der Waals surface area contributed by atoms with Crippen LogP contribution in [0.15, 0.2) is 18.2 Å². The molecule has 0 spiro atoms. The molecule has 0 saturated carbocycles. The van der Waals surface area contributed by atoms with Crippen molar-refractivity contribution < 1.29 is 64.9 Å². The molecule has 0 saturated heterocycles. The van der Waals surface area contributed by atoms with Gasteiger partial charge in [0.1, 0.15) is 0 Å². The minimum absolute atomic E-state index is 0. The normalized spacial score (nSPS) is 9.56. The van der Waals surface area contributed by atoms with E-state index in [9.17, 15) is 9.90 Å². The minimum atomic E-state index is -0.279. The topological polar surface area (TPSA) is 143 Å². The summed E-state index contributed by atoms with van der Waals surface area (Å²) in [6, 6.07) is 4.94. The number of ether oxygens (including phenoxy) is 5. The fourth-order valence-electron chi connectivity index (χ4n) is 2.90. The molecular formula is C21H18CrO10. The maximum Gasteiger partial charge on any atom is 0 e. The molecule has 168 valence electrons. The van der Waals surface area contributed by atoms with Gasteiger partial charge in [-0.25, -0.2) is 0 Å². The predicted octanol–water partition coefficient (Wildman–Crippen LogP) is 2.30. The van der Waals surface area contributed by atoms with E-state index in [-0.39, 0.29) is 30.8 Å². The second-order valence-corrected chi connectivity index (χ2v) is 5.25. The van der Waals surface area contributed by atoms with Crippen LogP contribution in [-0.2, 0) is 37.9 Å². The third-order valence-electron chi connectivity index (χ3n) is 4.02. The first kappa shape index (κ1) is 31.0. The van der Waals surface area contributed by atoms with Crippen molar-refractivity contribution in [3.05, 3.63) is 49.3 Å². The molecule has 0 unspecified atom stereocenters. The zero-order valence-corrected chi connectivity index (χ0v) is 18.5. The molecule has 0 amide bonds. The average Bonchev–Trinajstić information content (AvgIpc) is 3.32. The zero-order chi connectivity index (χ0) is 24.0. The Balaban J connectivity index is 0. The van der Waals surface area contributed by atoms with Crippen molar-refractivity contribution in [3.8, 4) is 39.9 Å². The predicted molar refractivity (Wildman–Crippen MR) is 101 cm³/mol. The number of benzene rings is 2. The summed E-state index contributed by atoms with van der Waals surface area (Å²) in [5, 5.41) is 9.84. The number of aliphatic hydroxyl groups excluding tert-OH is 1. The maximum absolute atomic E-state index is 11.6. The minimum Gasteiger partial charge on any atom is 0 e. The third-order valence-corrected chi connectivity index (χ3v) is 4.02. The van der Waals surface area contributed by atoms with Gasteiger partial charge in [-0.05, 0) is 23.8 Å². The summed E-state index contributed by atoms with van der Waals surface area (Å²) in [6.45, 7) is 13.3. The Labute approximate surface area is 195 Å². The van der Waals surface area contributed by atoms with Crippen molar-refractivity contribution in [1.29, 1.82) is 0 Å². The molecule has 0 fully saturated rings. The van der Waals surface area contributed by atoms with Crippen molar-refractivity contribution in [1.82, 2.24) is 0 Å². The smallest absolute Gasteiger partial charge is 0 e. The van der Waals surface area contributed by atoms with Gasteiger partial charge in [-0.3, -0.25) is 4.79 Å².